The minimum Gasteiger partial charge on any atom is -0.381 e. The number of hydrogen-bond acceptors (Lipinski definition) is 1. The molecule has 2 fully saturated rings. The van der Waals surface area contributed by atoms with E-state index in [0.29, 0.717) is 0 Å². The molecular weight excluding hydrogens is 184 g/mol. The number of rotatable bonds is 1. The Bertz CT molecular complexity index is 128. The molecule has 0 amide bonds. The smallest absolute Gasteiger partial charge is 0.0468 e. The van der Waals surface area contributed by atoms with E-state index in [4.69, 9.17) is 4.74 Å². The van der Waals surface area contributed by atoms with Crippen LogP contribution in [0.5, 0.6) is 0 Å². The minimum atomic E-state index is 0.750. The summed E-state index contributed by atoms with van der Waals surface area (Å²) in [5.41, 5.74) is 0.750. The largest absolute Gasteiger partial charge is 0.381 e. The van der Waals surface area contributed by atoms with Crippen molar-refractivity contribution in [3.63, 3.8) is 0 Å². The summed E-state index contributed by atoms with van der Waals surface area (Å²) >= 11 is 0. The predicted molar refractivity (Wildman–Crippen MR) is 68.2 cm³/mol. The van der Waals surface area contributed by atoms with Crippen LogP contribution in [-0.2, 0) is 4.74 Å². The van der Waals surface area contributed by atoms with Gasteiger partial charge in [0, 0.05) is 13.2 Å². The fourth-order valence-corrected chi connectivity index (χ4v) is 1.40. The van der Waals surface area contributed by atoms with Crippen molar-refractivity contribution in [3.05, 3.63) is 0 Å². The molecule has 2 rings (SSSR count). The molecule has 1 heteroatoms. The Balaban J connectivity index is 0.000000241. The van der Waals surface area contributed by atoms with Crippen LogP contribution in [0.25, 0.3) is 0 Å². The van der Waals surface area contributed by atoms with Crippen molar-refractivity contribution in [2.75, 3.05) is 13.2 Å². The van der Waals surface area contributed by atoms with Gasteiger partial charge in [0.1, 0.15) is 0 Å². The monoisotopic (exact) mass is 214 g/mol. The molecule has 1 nitrogen and oxygen atoms in total. The molecule has 15 heavy (non-hydrogen) atoms. The van der Waals surface area contributed by atoms with Gasteiger partial charge in [0.05, 0.1) is 0 Å². The van der Waals surface area contributed by atoms with Crippen molar-refractivity contribution in [3.8, 4) is 0 Å². The molecule has 2 aliphatic rings. The maximum atomic E-state index is 5.20. The molecule has 0 unspecified atom stereocenters. The summed E-state index contributed by atoms with van der Waals surface area (Å²) < 4.78 is 5.20. The lowest BCUT2D eigenvalue weighted by Gasteiger charge is -2.19. The van der Waals surface area contributed by atoms with E-state index in [9.17, 15) is 0 Å². The van der Waals surface area contributed by atoms with Crippen LogP contribution in [0.3, 0.4) is 0 Å². The Morgan fingerprint density at radius 2 is 1.47 bits per heavy atom. The molecule has 0 aromatic rings. The first-order valence-corrected chi connectivity index (χ1v) is 6.72. The van der Waals surface area contributed by atoms with Gasteiger partial charge in [0.15, 0.2) is 0 Å². The molecule has 0 bridgehead atoms. The second-order valence-corrected chi connectivity index (χ2v) is 5.13. The van der Waals surface area contributed by atoms with Crippen molar-refractivity contribution in [2.45, 2.75) is 66.7 Å². The van der Waals surface area contributed by atoms with Crippen molar-refractivity contribution in [2.24, 2.45) is 11.3 Å². The molecule has 92 valence electrons. The first kappa shape index (κ1) is 15.0. The van der Waals surface area contributed by atoms with Crippen LogP contribution in [0.2, 0.25) is 0 Å². The SMILES string of the molecule is CC.CC1(C)CC1.CCC1CCOCC1. The normalized spacial score (nSPS) is 23.0. The fourth-order valence-electron chi connectivity index (χ4n) is 1.40. The highest BCUT2D eigenvalue weighted by Gasteiger charge is 2.30. The van der Waals surface area contributed by atoms with E-state index in [1.54, 1.807) is 0 Å². The van der Waals surface area contributed by atoms with Gasteiger partial charge in [-0.05, 0) is 37.0 Å². The maximum absolute atomic E-state index is 5.20. The van der Waals surface area contributed by atoms with E-state index in [1.165, 1.54) is 32.1 Å². The Morgan fingerprint density at radius 3 is 1.67 bits per heavy atom. The summed E-state index contributed by atoms with van der Waals surface area (Å²) in [6, 6.07) is 0. The highest BCUT2D eigenvalue weighted by atomic mass is 16.5. The van der Waals surface area contributed by atoms with Gasteiger partial charge in [-0.3, -0.25) is 0 Å². The third kappa shape index (κ3) is 8.92. The standard InChI is InChI=1S/C7H14O.C5H10.C2H6/c1-2-7-3-5-8-6-4-7;1-5(2)3-4-5;1-2/h7H,2-6H2,1H3;3-4H2,1-2H3;1-2H3. The van der Waals surface area contributed by atoms with Gasteiger partial charge < -0.3 is 4.74 Å². The fraction of sp³-hybridized carbons (Fsp3) is 1.00. The summed E-state index contributed by atoms with van der Waals surface area (Å²) in [5.74, 6) is 0.962. The van der Waals surface area contributed by atoms with Gasteiger partial charge in [-0.15, -0.1) is 0 Å². The molecule has 1 saturated heterocycles. The van der Waals surface area contributed by atoms with E-state index >= 15 is 0 Å². The molecule has 1 aliphatic heterocycles. The zero-order chi connectivity index (χ0) is 11.7. The van der Waals surface area contributed by atoms with Crippen molar-refractivity contribution in [1.29, 1.82) is 0 Å². The highest BCUT2D eigenvalue weighted by molar-refractivity contribution is 4.82. The van der Waals surface area contributed by atoms with E-state index in [0.717, 1.165) is 24.5 Å². The van der Waals surface area contributed by atoms with Gasteiger partial charge in [0.25, 0.3) is 0 Å². The zero-order valence-corrected chi connectivity index (χ0v) is 11.4. The molecule has 0 atom stereocenters. The molecule has 1 aliphatic carbocycles. The second-order valence-electron chi connectivity index (χ2n) is 5.13. The highest BCUT2D eigenvalue weighted by Crippen LogP contribution is 2.43. The molecular formula is C14H30O. The van der Waals surface area contributed by atoms with Gasteiger partial charge >= 0.3 is 0 Å². The second kappa shape index (κ2) is 8.15. The van der Waals surface area contributed by atoms with Crippen LogP contribution >= 0.6 is 0 Å². The molecule has 0 radical (unpaired) electrons. The topological polar surface area (TPSA) is 9.23 Å². The van der Waals surface area contributed by atoms with Gasteiger partial charge in [-0.25, -0.2) is 0 Å². The quantitative estimate of drug-likeness (QED) is 0.617. The van der Waals surface area contributed by atoms with E-state index in [2.05, 4.69) is 20.8 Å². The van der Waals surface area contributed by atoms with E-state index in [1.807, 2.05) is 13.8 Å². The summed E-state index contributed by atoms with van der Waals surface area (Å²) in [5, 5.41) is 0. The Morgan fingerprint density at radius 1 is 1.07 bits per heavy atom. The molecule has 0 aromatic heterocycles. The molecule has 0 N–H and O–H groups in total. The van der Waals surface area contributed by atoms with Crippen LogP contribution in [0.4, 0.5) is 0 Å². The zero-order valence-electron chi connectivity index (χ0n) is 11.4. The number of hydrogen-bond donors (Lipinski definition) is 0. The lowest BCUT2D eigenvalue weighted by molar-refractivity contribution is 0.0654. The van der Waals surface area contributed by atoms with E-state index in [-0.39, 0.29) is 0 Å². The molecule has 1 saturated carbocycles. The third-order valence-electron chi connectivity index (χ3n) is 3.17. The Kier molecular flexibility index (Phi) is 8.13. The van der Waals surface area contributed by atoms with Crippen LogP contribution in [0, 0.1) is 11.3 Å². The Hall–Kier alpha value is -0.0400. The summed E-state index contributed by atoms with van der Waals surface area (Å²) in [6.45, 7) is 12.9. The molecule has 0 aromatic carbocycles. The lowest BCUT2D eigenvalue weighted by Crippen LogP contribution is -2.14. The average molecular weight is 214 g/mol. The van der Waals surface area contributed by atoms with Crippen LogP contribution in [-0.4, -0.2) is 13.2 Å². The number of ether oxygens (including phenoxy) is 1. The lowest BCUT2D eigenvalue weighted by atomic mass is 9.98. The third-order valence-corrected chi connectivity index (χ3v) is 3.17. The van der Waals surface area contributed by atoms with E-state index < -0.39 is 0 Å². The first-order valence-electron chi connectivity index (χ1n) is 6.72. The van der Waals surface area contributed by atoms with Crippen molar-refractivity contribution < 1.29 is 4.74 Å². The first-order chi connectivity index (χ1) is 7.14. The van der Waals surface area contributed by atoms with Crippen LogP contribution < -0.4 is 0 Å². The summed E-state index contributed by atoms with van der Waals surface area (Å²) in [4.78, 5) is 0. The van der Waals surface area contributed by atoms with Crippen molar-refractivity contribution >= 4 is 0 Å². The summed E-state index contributed by atoms with van der Waals surface area (Å²) in [7, 11) is 0. The minimum absolute atomic E-state index is 0.750. The molecule has 1 heterocycles. The van der Waals surface area contributed by atoms with Crippen molar-refractivity contribution in [1.82, 2.24) is 0 Å². The van der Waals surface area contributed by atoms with Crippen LogP contribution in [0.1, 0.15) is 66.7 Å². The maximum Gasteiger partial charge on any atom is 0.0468 e. The Labute approximate surface area is 96.6 Å². The van der Waals surface area contributed by atoms with Gasteiger partial charge in [-0.1, -0.05) is 41.0 Å². The average Bonchev–Trinajstić information content (AvgIpc) is 2.99. The van der Waals surface area contributed by atoms with Crippen LogP contribution in [0.15, 0.2) is 0 Å². The van der Waals surface area contributed by atoms with Gasteiger partial charge in [-0.2, -0.15) is 0 Å². The molecule has 0 spiro atoms. The van der Waals surface area contributed by atoms with Gasteiger partial charge in [0.2, 0.25) is 0 Å². The summed E-state index contributed by atoms with van der Waals surface area (Å²) in [6.07, 6.45) is 6.82. The predicted octanol–water partition coefficient (Wildman–Crippen LogP) is 4.66.